The maximum atomic E-state index is 13.8. The van der Waals surface area contributed by atoms with E-state index in [4.69, 9.17) is 23.2 Å². The summed E-state index contributed by atoms with van der Waals surface area (Å²) >= 11 is 12.2. The number of hydrogen-bond donors (Lipinski definition) is 2. The van der Waals surface area contributed by atoms with Gasteiger partial charge in [-0.25, -0.2) is 4.79 Å². The molecule has 198 valence electrons. The number of hydrogen-bond acceptors (Lipinski definition) is 3. The minimum atomic E-state index is -1.07. The minimum absolute atomic E-state index is 0.160. The summed E-state index contributed by atoms with van der Waals surface area (Å²) in [6.45, 7) is 4.29. The van der Waals surface area contributed by atoms with Gasteiger partial charge in [0.1, 0.15) is 0 Å². The van der Waals surface area contributed by atoms with Crippen LogP contribution in [-0.2, 0) is 0 Å². The van der Waals surface area contributed by atoms with Gasteiger partial charge in [-0.1, -0.05) is 29.8 Å². The maximum absolute atomic E-state index is 13.8. The third kappa shape index (κ3) is 5.79. The van der Waals surface area contributed by atoms with Crippen LogP contribution in [0.25, 0.3) is 0 Å². The van der Waals surface area contributed by atoms with Crippen molar-refractivity contribution in [1.29, 1.82) is 0 Å². The van der Waals surface area contributed by atoms with Crippen molar-refractivity contribution in [2.45, 2.75) is 32.7 Å². The number of fused-ring (bicyclic) bond motifs is 1. The summed E-state index contributed by atoms with van der Waals surface area (Å²) in [4.78, 5) is 41.6. The number of carbonyl (C=O) groups is 3. The van der Waals surface area contributed by atoms with E-state index in [2.05, 4.69) is 5.32 Å². The van der Waals surface area contributed by atoms with E-state index in [-0.39, 0.29) is 24.2 Å². The number of rotatable bonds is 6. The average molecular weight is 554 g/mol. The van der Waals surface area contributed by atoms with Gasteiger partial charge in [0.2, 0.25) is 0 Å². The van der Waals surface area contributed by atoms with Gasteiger partial charge in [0.15, 0.2) is 0 Å². The molecule has 1 unspecified atom stereocenters. The van der Waals surface area contributed by atoms with Crippen LogP contribution in [0.4, 0.5) is 16.2 Å². The number of amides is 3. The number of anilines is 2. The van der Waals surface area contributed by atoms with Gasteiger partial charge in [-0.3, -0.25) is 9.59 Å². The highest BCUT2D eigenvalue weighted by molar-refractivity contribution is 6.30. The SMILES string of the molecule is Cc1ccccc1C(=O)Nc1ccc(C(=O)N2CCCC(N(CCCl)C(=O)O)c3cc(Cl)ccc32)c(C)c1. The maximum Gasteiger partial charge on any atom is 0.407 e. The number of nitrogens with one attached hydrogen (secondary N) is 1. The van der Waals surface area contributed by atoms with E-state index < -0.39 is 12.1 Å². The van der Waals surface area contributed by atoms with Crippen molar-refractivity contribution in [2.24, 2.45) is 0 Å². The van der Waals surface area contributed by atoms with Crippen LogP contribution in [0, 0.1) is 13.8 Å². The van der Waals surface area contributed by atoms with Crippen molar-refractivity contribution in [2.75, 3.05) is 29.2 Å². The van der Waals surface area contributed by atoms with Crippen molar-refractivity contribution in [3.8, 4) is 0 Å². The summed E-state index contributed by atoms with van der Waals surface area (Å²) in [5.74, 6) is -0.263. The molecule has 1 atom stereocenters. The summed E-state index contributed by atoms with van der Waals surface area (Å²) in [5, 5.41) is 13.2. The topological polar surface area (TPSA) is 90.0 Å². The molecule has 0 radical (unpaired) electrons. The largest absolute Gasteiger partial charge is 0.465 e. The summed E-state index contributed by atoms with van der Waals surface area (Å²) in [6, 6.07) is 17.3. The van der Waals surface area contributed by atoms with Crippen molar-refractivity contribution >= 4 is 52.5 Å². The number of halogens is 2. The number of aryl methyl sites for hydroxylation is 2. The summed E-state index contributed by atoms with van der Waals surface area (Å²) in [5.41, 5.74) is 4.56. The molecule has 1 aliphatic rings. The van der Waals surface area contributed by atoms with Gasteiger partial charge >= 0.3 is 6.09 Å². The number of carbonyl (C=O) groups excluding carboxylic acids is 2. The van der Waals surface area contributed by atoms with Gasteiger partial charge in [-0.05, 0) is 85.8 Å². The average Bonchev–Trinajstić information content (AvgIpc) is 3.06. The molecule has 3 aromatic carbocycles. The normalized spacial score (nSPS) is 14.8. The number of nitrogens with zero attached hydrogens (tertiary/aromatic N) is 2. The Morgan fingerprint density at radius 3 is 2.47 bits per heavy atom. The monoisotopic (exact) mass is 553 g/mol. The zero-order chi connectivity index (χ0) is 27.4. The van der Waals surface area contributed by atoms with Crippen molar-refractivity contribution in [1.82, 2.24) is 4.90 Å². The molecule has 0 saturated heterocycles. The molecule has 38 heavy (non-hydrogen) atoms. The molecule has 0 aromatic heterocycles. The van der Waals surface area contributed by atoms with E-state index in [1.807, 2.05) is 32.0 Å². The van der Waals surface area contributed by atoms with E-state index in [0.29, 0.717) is 58.0 Å². The Hall–Kier alpha value is -3.55. The van der Waals surface area contributed by atoms with Gasteiger partial charge in [0, 0.05) is 46.5 Å². The van der Waals surface area contributed by atoms with Gasteiger partial charge < -0.3 is 20.2 Å². The fraction of sp³-hybridized carbons (Fsp3) is 0.276. The Morgan fingerprint density at radius 1 is 1.03 bits per heavy atom. The molecule has 3 amide bonds. The zero-order valence-corrected chi connectivity index (χ0v) is 22.7. The number of benzene rings is 3. The predicted molar refractivity (Wildman–Crippen MR) is 151 cm³/mol. The van der Waals surface area contributed by atoms with Crippen LogP contribution in [0.15, 0.2) is 60.7 Å². The van der Waals surface area contributed by atoms with Crippen LogP contribution in [0.1, 0.15) is 56.3 Å². The molecule has 0 aliphatic carbocycles. The van der Waals surface area contributed by atoms with Crippen LogP contribution in [0.2, 0.25) is 5.02 Å². The van der Waals surface area contributed by atoms with Crippen LogP contribution in [0.5, 0.6) is 0 Å². The second-order valence-corrected chi connectivity index (χ2v) is 10.1. The van der Waals surface area contributed by atoms with Crippen LogP contribution < -0.4 is 10.2 Å². The van der Waals surface area contributed by atoms with Crippen LogP contribution in [0.3, 0.4) is 0 Å². The van der Waals surface area contributed by atoms with E-state index in [9.17, 15) is 19.5 Å². The molecule has 1 heterocycles. The molecule has 3 aromatic rings. The first-order valence-corrected chi connectivity index (χ1v) is 13.3. The van der Waals surface area contributed by atoms with Gasteiger partial charge in [0.05, 0.1) is 6.04 Å². The predicted octanol–water partition coefficient (Wildman–Crippen LogP) is 6.91. The van der Waals surface area contributed by atoms with E-state index in [0.717, 1.165) is 5.56 Å². The Kier molecular flexibility index (Phi) is 8.59. The Labute approximate surface area is 232 Å². The standard InChI is InChI=1S/C29H29Cl2N3O4/c1-18-6-3-4-7-22(18)27(35)32-21-10-11-23(19(2)16-21)28(36)33-14-5-8-25(34(15-13-30)29(37)38)24-17-20(31)9-12-26(24)33/h3-4,6-7,9-12,16-17,25H,5,8,13-15H2,1-2H3,(H,32,35)(H,37,38). The van der Waals surface area contributed by atoms with Crippen molar-refractivity contribution in [3.05, 3.63) is 93.5 Å². The molecular weight excluding hydrogens is 525 g/mol. The van der Waals surface area contributed by atoms with Gasteiger partial charge in [-0.2, -0.15) is 0 Å². The molecule has 0 bridgehead atoms. The molecule has 4 rings (SSSR count). The van der Waals surface area contributed by atoms with Gasteiger partial charge in [0.25, 0.3) is 11.8 Å². The van der Waals surface area contributed by atoms with E-state index in [1.165, 1.54) is 4.90 Å². The second kappa shape index (κ2) is 11.9. The van der Waals surface area contributed by atoms with E-state index in [1.54, 1.807) is 47.4 Å². The molecular formula is C29H29Cl2N3O4. The fourth-order valence-corrected chi connectivity index (χ4v) is 5.28. The summed E-state index contributed by atoms with van der Waals surface area (Å²) in [7, 11) is 0. The molecule has 0 fully saturated rings. The third-order valence-corrected chi connectivity index (χ3v) is 7.20. The smallest absolute Gasteiger partial charge is 0.407 e. The summed E-state index contributed by atoms with van der Waals surface area (Å²) in [6.07, 6.45) is 0.0576. The summed E-state index contributed by atoms with van der Waals surface area (Å²) < 4.78 is 0. The number of alkyl halides is 1. The lowest BCUT2D eigenvalue weighted by atomic mass is 9.99. The molecule has 0 saturated carbocycles. The lowest BCUT2D eigenvalue weighted by molar-refractivity contribution is 0.0984. The van der Waals surface area contributed by atoms with Crippen LogP contribution >= 0.6 is 23.2 Å². The van der Waals surface area contributed by atoms with Crippen molar-refractivity contribution in [3.63, 3.8) is 0 Å². The molecule has 7 nitrogen and oxygen atoms in total. The first-order chi connectivity index (χ1) is 18.2. The highest BCUT2D eigenvalue weighted by atomic mass is 35.5. The molecule has 0 spiro atoms. The first kappa shape index (κ1) is 27.5. The molecule has 2 N–H and O–H groups in total. The quantitative estimate of drug-likeness (QED) is 0.324. The minimum Gasteiger partial charge on any atom is -0.465 e. The molecule has 1 aliphatic heterocycles. The number of carboxylic acid groups (broad SMARTS) is 1. The molecule has 9 heteroatoms. The van der Waals surface area contributed by atoms with Crippen LogP contribution in [-0.4, -0.2) is 46.9 Å². The third-order valence-electron chi connectivity index (χ3n) is 6.80. The van der Waals surface area contributed by atoms with E-state index >= 15 is 0 Å². The lowest BCUT2D eigenvalue weighted by Gasteiger charge is -2.30. The zero-order valence-electron chi connectivity index (χ0n) is 21.2. The highest BCUT2D eigenvalue weighted by Gasteiger charge is 2.33. The Morgan fingerprint density at radius 2 is 1.79 bits per heavy atom. The lowest BCUT2D eigenvalue weighted by Crippen LogP contribution is -2.35. The van der Waals surface area contributed by atoms with Crippen molar-refractivity contribution < 1.29 is 19.5 Å². The fourth-order valence-electron chi connectivity index (χ4n) is 4.92. The Bertz CT molecular complexity index is 1380. The highest BCUT2D eigenvalue weighted by Crippen LogP contribution is 2.39. The van der Waals surface area contributed by atoms with Gasteiger partial charge in [-0.15, -0.1) is 11.6 Å². The first-order valence-electron chi connectivity index (χ1n) is 12.4. The Balaban J connectivity index is 1.63. The second-order valence-electron chi connectivity index (χ2n) is 9.28.